The second kappa shape index (κ2) is 7.23. The van der Waals surface area contributed by atoms with E-state index in [4.69, 9.17) is 0 Å². The summed E-state index contributed by atoms with van der Waals surface area (Å²) in [6.07, 6.45) is 1.59. The summed E-state index contributed by atoms with van der Waals surface area (Å²) < 4.78 is 1.82. The summed E-state index contributed by atoms with van der Waals surface area (Å²) in [5.41, 5.74) is 1.71. The first-order valence-electron chi connectivity index (χ1n) is 6.99. The molecular weight excluding hydrogens is 318 g/mol. The van der Waals surface area contributed by atoms with E-state index in [-0.39, 0.29) is 23.0 Å². The number of hydrogen-bond acceptors (Lipinski definition) is 6. The topological polar surface area (TPSA) is 103 Å². The van der Waals surface area contributed by atoms with Gasteiger partial charge in [-0.1, -0.05) is 17.8 Å². The van der Waals surface area contributed by atoms with Gasteiger partial charge in [0.05, 0.1) is 10.7 Å². The molecule has 1 amide bonds. The molecule has 0 spiro atoms. The molecule has 0 atom stereocenters. The van der Waals surface area contributed by atoms with Crippen LogP contribution in [0, 0.1) is 24.0 Å². The molecule has 0 aliphatic carbocycles. The fourth-order valence-electron chi connectivity index (χ4n) is 1.99. The Labute approximate surface area is 137 Å². The molecule has 0 unspecified atom stereocenters. The Balaban J connectivity index is 2.11. The first-order chi connectivity index (χ1) is 10.9. The summed E-state index contributed by atoms with van der Waals surface area (Å²) >= 11 is 1.24. The minimum Gasteiger partial charge on any atom is -0.319 e. The van der Waals surface area contributed by atoms with Crippen LogP contribution >= 0.6 is 11.8 Å². The van der Waals surface area contributed by atoms with Gasteiger partial charge < -0.3 is 9.88 Å². The third-order valence-corrected chi connectivity index (χ3v) is 4.41. The highest BCUT2D eigenvalue weighted by molar-refractivity contribution is 7.99. The number of nitrogens with one attached hydrogen (secondary N) is 1. The van der Waals surface area contributed by atoms with Gasteiger partial charge in [0.2, 0.25) is 5.91 Å². The van der Waals surface area contributed by atoms with Gasteiger partial charge >= 0.3 is 0 Å². The van der Waals surface area contributed by atoms with Gasteiger partial charge in [0.25, 0.3) is 5.69 Å². The molecule has 9 heteroatoms. The Morgan fingerprint density at radius 1 is 1.43 bits per heavy atom. The van der Waals surface area contributed by atoms with Crippen LogP contribution in [-0.4, -0.2) is 31.3 Å². The van der Waals surface area contributed by atoms with Crippen molar-refractivity contribution in [2.75, 3.05) is 11.1 Å². The standard InChI is InChI=1S/C14H17N5O3S/c1-4-18-8-15-17-14(18)23-7-12(20)16-13-10(3)9(2)5-6-11(13)19(21)22/h5-6,8H,4,7H2,1-3H3,(H,16,20). The number of amides is 1. The molecule has 122 valence electrons. The molecule has 0 saturated carbocycles. The normalized spacial score (nSPS) is 10.6. The highest BCUT2D eigenvalue weighted by Crippen LogP contribution is 2.30. The van der Waals surface area contributed by atoms with Gasteiger partial charge in [-0.05, 0) is 31.9 Å². The van der Waals surface area contributed by atoms with E-state index in [0.717, 1.165) is 5.56 Å². The lowest BCUT2D eigenvalue weighted by molar-refractivity contribution is -0.384. The highest BCUT2D eigenvalue weighted by atomic mass is 32.2. The van der Waals surface area contributed by atoms with Crippen LogP contribution in [0.15, 0.2) is 23.6 Å². The average Bonchev–Trinajstić information content (AvgIpc) is 2.97. The van der Waals surface area contributed by atoms with Crippen molar-refractivity contribution < 1.29 is 9.72 Å². The number of aryl methyl sites for hydroxylation is 2. The molecule has 1 aromatic heterocycles. The molecule has 8 nitrogen and oxygen atoms in total. The lowest BCUT2D eigenvalue weighted by atomic mass is 10.1. The summed E-state index contributed by atoms with van der Waals surface area (Å²) in [6, 6.07) is 3.07. The number of nitro benzene ring substituents is 1. The number of aromatic nitrogens is 3. The van der Waals surface area contributed by atoms with Crippen molar-refractivity contribution in [1.29, 1.82) is 0 Å². The van der Waals surface area contributed by atoms with Crippen molar-refractivity contribution in [3.8, 4) is 0 Å². The zero-order valence-corrected chi connectivity index (χ0v) is 13.9. The van der Waals surface area contributed by atoms with E-state index in [2.05, 4.69) is 15.5 Å². The minimum absolute atomic E-state index is 0.100. The SMILES string of the molecule is CCn1cnnc1SCC(=O)Nc1c([N+](=O)[O-])ccc(C)c1C. The molecular formula is C14H17N5O3S. The summed E-state index contributed by atoms with van der Waals surface area (Å²) in [7, 11) is 0. The number of thioether (sulfide) groups is 1. The maximum Gasteiger partial charge on any atom is 0.293 e. The molecule has 0 radical (unpaired) electrons. The highest BCUT2D eigenvalue weighted by Gasteiger charge is 2.19. The summed E-state index contributed by atoms with van der Waals surface area (Å²) in [4.78, 5) is 22.8. The zero-order valence-electron chi connectivity index (χ0n) is 13.1. The molecule has 2 aromatic rings. The lowest BCUT2D eigenvalue weighted by Crippen LogP contribution is -2.17. The van der Waals surface area contributed by atoms with E-state index in [1.165, 1.54) is 17.8 Å². The van der Waals surface area contributed by atoms with Gasteiger partial charge in [-0.3, -0.25) is 14.9 Å². The fourth-order valence-corrected chi connectivity index (χ4v) is 2.77. The van der Waals surface area contributed by atoms with E-state index in [0.29, 0.717) is 17.3 Å². The predicted octanol–water partition coefficient (Wildman–Crippen LogP) is 2.55. The van der Waals surface area contributed by atoms with Gasteiger partial charge in [-0.15, -0.1) is 10.2 Å². The van der Waals surface area contributed by atoms with Crippen molar-refractivity contribution in [2.24, 2.45) is 0 Å². The quantitative estimate of drug-likeness (QED) is 0.494. The van der Waals surface area contributed by atoms with Crippen LogP contribution < -0.4 is 5.32 Å². The number of nitrogens with zero attached hydrogens (tertiary/aromatic N) is 4. The monoisotopic (exact) mass is 335 g/mol. The van der Waals surface area contributed by atoms with Crippen LogP contribution in [0.1, 0.15) is 18.1 Å². The Kier molecular flexibility index (Phi) is 5.32. The Hall–Kier alpha value is -2.42. The summed E-state index contributed by atoms with van der Waals surface area (Å²) in [6.45, 7) is 6.25. The van der Waals surface area contributed by atoms with Crippen LogP contribution in [0.5, 0.6) is 0 Å². The Morgan fingerprint density at radius 2 is 2.17 bits per heavy atom. The van der Waals surface area contributed by atoms with Gasteiger partial charge in [0.15, 0.2) is 5.16 Å². The number of benzene rings is 1. The molecule has 2 rings (SSSR count). The first kappa shape index (κ1) is 16.9. The molecule has 0 aliphatic heterocycles. The number of rotatable bonds is 6. The molecule has 0 bridgehead atoms. The van der Waals surface area contributed by atoms with Crippen LogP contribution in [-0.2, 0) is 11.3 Å². The van der Waals surface area contributed by atoms with Crippen LogP contribution in [0.25, 0.3) is 0 Å². The van der Waals surface area contributed by atoms with Crippen LogP contribution in [0.4, 0.5) is 11.4 Å². The predicted molar refractivity (Wildman–Crippen MR) is 87.6 cm³/mol. The number of carbonyl (C=O) groups excluding carboxylic acids is 1. The van der Waals surface area contributed by atoms with Gasteiger partial charge in [0.1, 0.15) is 12.0 Å². The molecule has 23 heavy (non-hydrogen) atoms. The van der Waals surface area contributed by atoms with E-state index < -0.39 is 4.92 Å². The molecule has 0 saturated heterocycles. The lowest BCUT2D eigenvalue weighted by Gasteiger charge is -2.11. The van der Waals surface area contributed by atoms with Gasteiger partial charge in [0, 0.05) is 12.6 Å². The maximum absolute atomic E-state index is 12.1. The summed E-state index contributed by atoms with van der Waals surface area (Å²) in [5, 5.41) is 22.1. The molecule has 0 fully saturated rings. The summed E-state index contributed by atoms with van der Waals surface area (Å²) in [5.74, 6) is -0.221. The second-order valence-electron chi connectivity index (χ2n) is 4.90. The zero-order chi connectivity index (χ0) is 17.0. The van der Waals surface area contributed by atoms with Crippen molar-refractivity contribution >= 4 is 29.0 Å². The van der Waals surface area contributed by atoms with Crippen LogP contribution in [0.3, 0.4) is 0 Å². The Morgan fingerprint density at radius 3 is 2.83 bits per heavy atom. The largest absolute Gasteiger partial charge is 0.319 e. The third-order valence-electron chi connectivity index (χ3n) is 3.43. The average molecular weight is 335 g/mol. The smallest absolute Gasteiger partial charge is 0.293 e. The molecule has 1 N–H and O–H groups in total. The van der Waals surface area contributed by atoms with Gasteiger partial charge in [-0.25, -0.2) is 0 Å². The molecule has 0 aliphatic rings. The second-order valence-corrected chi connectivity index (χ2v) is 5.84. The van der Waals surface area contributed by atoms with E-state index in [1.807, 2.05) is 18.4 Å². The molecule has 1 heterocycles. The van der Waals surface area contributed by atoms with Crippen molar-refractivity contribution in [1.82, 2.24) is 14.8 Å². The number of anilines is 1. The van der Waals surface area contributed by atoms with E-state index >= 15 is 0 Å². The number of nitro groups is 1. The first-order valence-corrected chi connectivity index (χ1v) is 7.97. The van der Waals surface area contributed by atoms with Gasteiger partial charge in [-0.2, -0.15) is 0 Å². The Bertz CT molecular complexity index is 744. The maximum atomic E-state index is 12.1. The van der Waals surface area contributed by atoms with Crippen molar-refractivity contribution in [3.05, 3.63) is 39.7 Å². The number of hydrogen-bond donors (Lipinski definition) is 1. The van der Waals surface area contributed by atoms with Crippen LogP contribution in [0.2, 0.25) is 0 Å². The van der Waals surface area contributed by atoms with Crippen molar-refractivity contribution in [3.63, 3.8) is 0 Å². The van der Waals surface area contributed by atoms with Crippen molar-refractivity contribution in [2.45, 2.75) is 32.5 Å². The van der Waals surface area contributed by atoms with E-state index in [1.54, 1.807) is 19.3 Å². The third kappa shape index (κ3) is 3.86. The molecule has 1 aromatic carbocycles. The number of carbonyl (C=O) groups is 1. The van der Waals surface area contributed by atoms with E-state index in [9.17, 15) is 14.9 Å². The minimum atomic E-state index is -0.497. The fraction of sp³-hybridized carbons (Fsp3) is 0.357.